The molecule has 5 nitrogen and oxygen atoms in total. The van der Waals surface area contributed by atoms with E-state index in [4.69, 9.17) is 23.2 Å². The van der Waals surface area contributed by atoms with E-state index in [1.807, 2.05) is 36.4 Å². The Kier molecular flexibility index (Phi) is 5.84. The van der Waals surface area contributed by atoms with Crippen molar-refractivity contribution in [1.82, 2.24) is 15.6 Å². The highest BCUT2D eigenvalue weighted by molar-refractivity contribution is 6.35. The van der Waals surface area contributed by atoms with E-state index < -0.39 is 5.91 Å². The van der Waals surface area contributed by atoms with Crippen LogP contribution in [0.2, 0.25) is 10.0 Å². The quantitative estimate of drug-likeness (QED) is 0.489. The molecule has 130 valence electrons. The van der Waals surface area contributed by atoms with Gasteiger partial charge in [-0.25, -0.2) is 5.43 Å². The van der Waals surface area contributed by atoms with Crippen LogP contribution in [-0.2, 0) is 0 Å². The van der Waals surface area contributed by atoms with Crippen LogP contribution in [0.25, 0.3) is 17.3 Å². The summed E-state index contributed by atoms with van der Waals surface area (Å²) in [6.45, 7) is 0. The number of hydrazone groups is 1. The Bertz CT molecular complexity index is 944. The Morgan fingerprint density at radius 3 is 2.54 bits per heavy atom. The Labute approximate surface area is 160 Å². The van der Waals surface area contributed by atoms with E-state index >= 15 is 0 Å². The van der Waals surface area contributed by atoms with E-state index in [0.717, 1.165) is 5.56 Å². The normalized spacial score (nSPS) is 11.3. The Hall–Kier alpha value is -2.89. The monoisotopic (exact) mass is 384 g/mol. The minimum atomic E-state index is -0.402. The number of nitrogens with one attached hydrogen (secondary N) is 2. The summed E-state index contributed by atoms with van der Waals surface area (Å²) in [6, 6.07) is 16.5. The molecule has 0 aliphatic heterocycles. The number of halogens is 2. The van der Waals surface area contributed by atoms with Crippen LogP contribution in [0.4, 0.5) is 0 Å². The number of hydrogen-bond donors (Lipinski definition) is 2. The second-order valence-electron chi connectivity index (χ2n) is 5.31. The summed E-state index contributed by atoms with van der Waals surface area (Å²) in [5.74, 6) is -0.402. The molecule has 26 heavy (non-hydrogen) atoms. The summed E-state index contributed by atoms with van der Waals surface area (Å²) in [5.41, 5.74) is 5.03. The molecule has 1 amide bonds. The average molecular weight is 385 g/mol. The summed E-state index contributed by atoms with van der Waals surface area (Å²) in [6.07, 6.45) is 5.12. The van der Waals surface area contributed by atoms with Crippen LogP contribution >= 0.6 is 23.2 Å². The third kappa shape index (κ3) is 4.81. The highest BCUT2D eigenvalue weighted by atomic mass is 35.5. The number of benzene rings is 2. The molecule has 0 aliphatic carbocycles. The first-order valence-corrected chi connectivity index (χ1v) is 8.44. The van der Waals surface area contributed by atoms with Crippen molar-refractivity contribution < 1.29 is 4.79 Å². The van der Waals surface area contributed by atoms with E-state index in [2.05, 4.69) is 20.7 Å². The van der Waals surface area contributed by atoms with Gasteiger partial charge in [-0.05, 0) is 35.9 Å². The van der Waals surface area contributed by atoms with Gasteiger partial charge in [-0.15, -0.1) is 0 Å². The fourth-order valence-electron chi connectivity index (χ4n) is 2.21. The smallest absolute Gasteiger partial charge is 0.272 e. The van der Waals surface area contributed by atoms with E-state index in [1.54, 1.807) is 30.3 Å². The van der Waals surface area contributed by atoms with Gasteiger partial charge in [0, 0.05) is 21.8 Å². The Morgan fingerprint density at radius 1 is 1.08 bits per heavy atom. The molecule has 3 rings (SSSR count). The summed E-state index contributed by atoms with van der Waals surface area (Å²) in [4.78, 5) is 12.1. The van der Waals surface area contributed by atoms with Gasteiger partial charge in [0.2, 0.25) is 0 Å². The zero-order valence-corrected chi connectivity index (χ0v) is 15.0. The lowest BCUT2D eigenvalue weighted by Gasteiger charge is -1.98. The molecule has 1 heterocycles. The molecule has 0 aliphatic rings. The number of aromatic nitrogens is 2. The number of rotatable bonds is 5. The number of H-pyrrole nitrogens is 1. The van der Waals surface area contributed by atoms with Crippen molar-refractivity contribution in [2.24, 2.45) is 5.10 Å². The van der Waals surface area contributed by atoms with Crippen LogP contribution in [0, 0.1) is 0 Å². The predicted molar refractivity (Wildman–Crippen MR) is 105 cm³/mol. The molecule has 2 N–H and O–H groups in total. The zero-order chi connectivity index (χ0) is 18.4. The van der Waals surface area contributed by atoms with Gasteiger partial charge in [-0.1, -0.05) is 59.6 Å². The van der Waals surface area contributed by atoms with Crippen molar-refractivity contribution in [1.29, 1.82) is 0 Å². The lowest BCUT2D eigenvalue weighted by Crippen LogP contribution is -2.17. The van der Waals surface area contributed by atoms with Crippen molar-refractivity contribution >= 4 is 41.4 Å². The van der Waals surface area contributed by atoms with Crippen molar-refractivity contribution in [3.8, 4) is 11.3 Å². The van der Waals surface area contributed by atoms with Crippen LogP contribution in [0.3, 0.4) is 0 Å². The highest BCUT2D eigenvalue weighted by Gasteiger charge is 2.11. The molecule has 0 atom stereocenters. The molecule has 0 saturated heterocycles. The number of hydrogen-bond acceptors (Lipinski definition) is 3. The van der Waals surface area contributed by atoms with E-state index in [0.29, 0.717) is 21.3 Å². The van der Waals surface area contributed by atoms with Gasteiger partial charge in [-0.3, -0.25) is 9.89 Å². The molecule has 0 unspecified atom stereocenters. The van der Waals surface area contributed by atoms with Gasteiger partial charge in [0.05, 0.1) is 5.69 Å². The predicted octanol–water partition coefficient (Wildman–Crippen LogP) is 4.81. The molecule has 3 aromatic rings. The molecule has 0 saturated carbocycles. The van der Waals surface area contributed by atoms with Gasteiger partial charge in [0.25, 0.3) is 5.91 Å². The van der Waals surface area contributed by atoms with Gasteiger partial charge >= 0.3 is 0 Å². The minimum absolute atomic E-state index is 0.278. The van der Waals surface area contributed by atoms with E-state index in [1.165, 1.54) is 6.21 Å². The van der Waals surface area contributed by atoms with Gasteiger partial charge in [0.1, 0.15) is 5.69 Å². The van der Waals surface area contributed by atoms with Crippen molar-refractivity contribution in [3.05, 3.63) is 82.0 Å². The molecule has 0 bridgehead atoms. The maximum Gasteiger partial charge on any atom is 0.289 e. The maximum absolute atomic E-state index is 12.1. The summed E-state index contributed by atoms with van der Waals surface area (Å²) in [7, 11) is 0. The number of carbonyl (C=O) groups excluding carboxylic acids is 1. The van der Waals surface area contributed by atoms with Crippen LogP contribution in [0.5, 0.6) is 0 Å². The van der Waals surface area contributed by atoms with Gasteiger partial charge < -0.3 is 0 Å². The fraction of sp³-hybridized carbons (Fsp3) is 0. The summed E-state index contributed by atoms with van der Waals surface area (Å²) < 4.78 is 0. The van der Waals surface area contributed by atoms with Gasteiger partial charge in [0.15, 0.2) is 0 Å². The number of carbonyl (C=O) groups is 1. The molecular formula is C19H14Cl2N4O. The Morgan fingerprint density at radius 2 is 1.81 bits per heavy atom. The van der Waals surface area contributed by atoms with Crippen LogP contribution < -0.4 is 5.43 Å². The van der Waals surface area contributed by atoms with E-state index in [-0.39, 0.29) is 5.69 Å². The average Bonchev–Trinajstić information content (AvgIpc) is 3.12. The number of nitrogens with zero attached hydrogens (tertiary/aromatic N) is 2. The van der Waals surface area contributed by atoms with Crippen LogP contribution in [-0.4, -0.2) is 22.3 Å². The number of allylic oxidation sites excluding steroid dienone is 1. The molecule has 0 radical (unpaired) electrons. The van der Waals surface area contributed by atoms with Crippen molar-refractivity contribution in [3.63, 3.8) is 0 Å². The lowest BCUT2D eigenvalue weighted by atomic mass is 10.1. The highest BCUT2D eigenvalue weighted by Crippen LogP contribution is 2.26. The topological polar surface area (TPSA) is 70.1 Å². The third-order valence-corrected chi connectivity index (χ3v) is 3.83. The summed E-state index contributed by atoms with van der Waals surface area (Å²) >= 11 is 12.0. The SMILES string of the molecule is O=C(N/N=C/C=C/c1ccccc1)c1cc(-c2cc(Cl)cc(Cl)c2)n[nH]1. The minimum Gasteiger partial charge on any atom is -0.272 e. The Balaban J connectivity index is 1.61. The van der Waals surface area contributed by atoms with Crippen LogP contribution in [0.15, 0.2) is 65.8 Å². The van der Waals surface area contributed by atoms with Crippen LogP contribution in [0.1, 0.15) is 16.1 Å². The standard InChI is InChI=1S/C19H14Cl2N4O/c20-15-9-14(10-16(21)11-15)17-12-18(24-23-17)19(26)25-22-8-4-7-13-5-2-1-3-6-13/h1-12H,(H,23,24)(H,25,26)/b7-4+,22-8+. The van der Waals surface area contributed by atoms with Crippen molar-refractivity contribution in [2.45, 2.75) is 0 Å². The zero-order valence-electron chi connectivity index (χ0n) is 13.5. The molecule has 0 fully saturated rings. The first-order chi connectivity index (χ1) is 12.6. The van der Waals surface area contributed by atoms with Crippen molar-refractivity contribution in [2.75, 3.05) is 0 Å². The fourth-order valence-corrected chi connectivity index (χ4v) is 2.73. The molecule has 0 spiro atoms. The lowest BCUT2D eigenvalue weighted by molar-refractivity contribution is 0.0950. The number of aromatic amines is 1. The second-order valence-corrected chi connectivity index (χ2v) is 6.19. The molecule has 7 heteroatoms. The first kappa shape index (κ1) is 17.9. The van der Waals surface area contributed by atoms with E-state index in [9.17, 15) is 4.79 Å². The second kappa shape index (κ2) is 8.47. The number of amides is 1. The third-order valence-electron chi connectivity index (χ3n) is 3.40. The largest absolute Gasteiger partial charge is 0.289 e. The first-order valence-electron chi connectivity index (χ1n) is 7.69. The summed E-state index contributed by atoms with van der Waals surface area (Å²) in [5, 5.41) is 11.6. The maximum atomic E-state index is 12.1. The molecule has 2 aromatic carbocycles. The molecule has 1 aromatic heterocycles. The van der Waals surface area contributed by atoms with Gasteiger partial charge in [-0.2, -0.15) is 10.2 Å². The molecular weight excluding hydrogens is 371 g/mol.